The molecule has 1 aliphatic heterocycles. The van der Waals surface area contributed by atoms with E-state index in [1.807, 2.05) is 66.7 Å². The zero-order chi connectivity index (χ0) is 23.1. The standard InChI is InChI=1S/C24H17N7O2S/c32-22-17-12-11-16(14-18(17)23(33)27-26-22)30-28-21(13-10-15-6-2-1-3-7-15)29-31(30)24-25-19-8-4-5-9-20(19)34-24/h1-14,21,28-29H/p+1. The first kappa shape index (κ1) is 20.2. The molecule has 3 heterocycles. The molecule has 0 amide bonds. The minimum Gasteiger partial charge on any atom is -0.267 e. The van der Waals surface area contributed by atoms with Crippen molar-refractivity contribution in [3.63, 3.8) is 0 Å². The molecular weight excluding hydrogens is 450 g/mol. The van der Waals surface area contributed by atoms with E-state index >= 15 is 0 Å². The molecule has 1 atom stereocenters. The van der Waals surface area contributed by atoms with Crippen molar-refractivity contribution in [3.8, 4) is 0 Å². The molecule has 0 spiro atoms. The lowest BCUT2D eigenvalue weighted by atomic mass is 10.2. The van der Waals surface area contributed by atoms with Gasteiger partial charge in [-0.15, -0.1) is 5.43 Å². The maximum absolute atomic E-state index is 12.4. The van der Waals surface area contributed by atoms with Gasteiger partial charge >= 0.3 is 0 Å². The number of fused-ring (bicyclic) bond motifs is 2. The molecule has 166 valence electrons. The number of hydrazine groups is 2. The zero-order valence-corrected chi connectivity index (χ0v) is 18.5. The third-order valence-corrected chi connectivity index (χ3v) is 6.44. The van der Waals surface area contributed by atoms with Crippen LogP contribution < -0.4 is 21.7 Å². The highest BCUT2D eigenvalue weighted by Crippen LogP contribution is 2.32. The molecule has 9 nitrogen and oxygen atoms in total. The van der Waals surface area contributed by atoms with Crippen LogP contribution in [-0.2, 0) is 0 Å². The normalized spacial score (nSPS) is 16.1. The number of thiazole rings is 1. The van der Waals surface area contributed by atoms with Gasteiger partial charge in [0.15, 0.2) is 0 Å². The Labute approximate surface area is 196 Å². The van der Waals surface area contributed by atoms with E-state index in [-0.39, 0.29) is 22.7 Å². The van der Waals surface area contributed by atoms with E-state index in [0.29, 0.717) is 16.2 Å². The zero-order valence-electron chi connectivity index (χ0n) is 17.7. The van der Waals surface area contributed by atoms with Crippen molar-refractivity contribution in [3.05, 3.63) is 105 Å². The van der Waals surface area contributed by atoms with Gasteiger partial charge in [-0.25, -0.2) is 4.98 Å². The van der Waals surface area contributed by atoms with Crippen LogP contribution in [0.5, 0.6) is 0 Å². The lowest BCUT2D eigenvalue weighted by Crippen LogP contribution is -2.40. The van der Waals surface area contributed by atoms with Gasteiger partial charge < -0.3 is 0 Å². The third-order valence-electron chi connectivity index (χ3n) is 5.43. The van der Waals surface area contributed by atoms with Gasteiger partial charge in [0.05, 0.1) is 25.8 Å². The van der Waals surface area contributed by atoms with E-state index < -0.39 is 0 Å². The predicted molar refractivity (Wildman–Crippen MR) is 132 cm³/mol. The number of hydrogen-bond acceptors (Lipinski definition) is 7. The van der Waals surface area contributed by atoms with Crippen molar-refractivity contribution >= 4 is 49.2 Å². The molecule has 0 saturated heterocycles. The summed E-state index contributed by atoms with van der Waals surface area (Å²) >= 11 is 1.52. The lowest BCUT2D eigenvalue weighted by molar-refractivity contribution is -0.517. The number of para-hydroxylation sites is 1. The van der Waals surface area contributed by atoms with E-state index in [1.54, 1.807) is 28.1 Å². The van der Waals surface area contributed by atoms with Crippen LogP contribution in [0.4, 0.5) is 10.8 Å². The first-order valence-electron chi connectivity index (χ1n) is 10.6. The summed E-state index contributed by atoms with van der Waals surface area (Å²) in [6.45, 7) is 0. The fourth-order valence-corrected chi connectivity index (χ4v) is 4.70. The van der Waals surface area contributed by atoms with Crippen LogP contribution in [-0.4, -0.2) is 26.2 Å². The van der Waals surface area contributed by atoms with Crippen LogP contribution >= 0.6 is 11.3 Å². The Morgan fingerprint density at radius 3 is 2.50 bits per heavy atom. The summed E-state index contributed by atoms with van der Waals surface area (Å²) in [7, 11) is 0. The SMILES string of the molecule is O=c1[nH][nH]c(=O)c2cc([N+]3=NC(C=Cc4ccccc4)NN3c3nc4ccccc4s3)ccc12. The Kier molecular flexibility index (Phi) is 4.86. The van der Waals surface area contributed by atoms with Crippen LogP contribution in [0.25, 0.3) is 27.1 Å². The summed E-state index contributed by atoms with van der Waals surface area (Å²) in [4.78, 5) is 30.9. The highest BCUT2D eigenvalue weighted by molar-refractivity contribution is 7.22. The summed E-state index contributed by atoms with van der Waals surface area (Å²) in [5.41, 5.74) is 5.18. The quantitative estimate of drug-likeness (QED) is 0.347. The molecule has 6 rings (SSSR count). The number of azo groups is 1. The summed E-state index contributed by atoms with van der Waals surface area (Å²) in [6, 6.07) is 22.9. The fourth-order valence-electron chi connectivity index (χ4n) is 3.78. The van der Waals surface area contributed by atoms with Gasteiger partial charge in [-0.3, -0.25) is 19.8 Å². The predicted octanol–water partition coefficient (Wildman–Crippen LogP) is 3.90. The Bertz CT molecular complexity index is 1670. The molecule has 0 radical (unpaired) electrons. The van der Waals surface area contributed by atoms with E-state index in [0.717, 1.165) is 15.8 Å². The molecule has 1 unspecified atom stereocenters. The number of rotatable bonds is 4. The van der Waals surface area contributed by atoms with E-state index in [9.17, 15) is 9.59 Å². The number of H-pyrrole nitrogens is 2. The van der Waals surface area contributed by atoms with Gasteiger partial charge in [-0.05, 0) is 35.0 Å². The topological polar surface area (TPSA) is 109 Å². The van der Waals surface area contributed by atoms with Gasteiger partial charge in [-0.2, -0.15) is 0 Å². The lowest BCUT2D eigenvalue weighted by Gasteiger charge is -2.09. The number of nitrogens with zero attached hydrogens (tertiary/aromatic N) is 4. The average molecular weight is 469 g/mol. The maximum atomic E-state index is 12.4. The minimum absolute atomic E-state index is 0.281. The largest absolute Gasteiger partial charge is 0.270 e. The van der Waals surface area contributed by atoms with Crippen LogP contribution in [0, 0.1) is 0 Å². The summed E-state index contributed by atoms with van der Waals surface area (Å²) in [6.07, 6.45) is 3.57. The number of hydrogen-bond donors (Lipinski definition) is 3. The van der Waals surface area contributed by atoms with Gasteiger partial charge in [0.25, 0.3) is 21.9 Å². The molecule has 0 aliphatic carbocycles. The summed E-state index contributed by atoms with van der Waals surface area (Å²) < 4.78 is 1.05. The smallest absolute Gasteiger partial charge is 0.267 e. The van der Waals surface area contributed by atoms with Crippen LogP contribution in [0.1, 0.15) is 5.56 Å². The number of nitrogens with one attached hydrogen (secondary N) is 3. The molecule has 3 N–H and O–H groups in total. The minimum atomic E-state index is -0.379. The van der Waals surface area contributed by atoms with Crippen LogP contribution in [0.3, 0.4) is 0 Å². The Morgan fingerprint density at radius 2 is 1.68 bits per heavy atom. The van der Waals surface area contributed by atoms with Crippen molar-refractivity contribution < 1.29 is 4.81 Å². The number of benzene rings is 3. The highest BCUT2D eigenvalue weighted by atomic mass is 32.1. The first-order chi connectivity index (χ1) is 16.7. The Balaban J connectivity index is 1.45. The van der Waals surface area contributed by atoms with Gasteiger partial charge in [0.1, 0.15) is 0 Å². The number of aromatic amines is 2. The summed E-state index contributed by atoms with van der Waals surface area (Å²) in [5, 5.41) is 12.6. The van der Waals surface area contributed by atoms with E-state index in [1.165, 1.54) is 11.3 Å². The van der Waals surface area contributed by atoms with E-state index in [4.69, 9.17) is 10.1 Å². The maximum Gasteiger partial charge on any atom is 0.270 e. The number of anilines is 1. The van der Waals surface area contributed by atoms with Crippen molar-refractivity contribution in [2.24, 2.45) is 5.11 Å². The van der Waals surface area contributed by atoms with Gasteiger partial charge in [0.2, 0.25) is 6.17 Å². The van der Waals surface area contributed by atoms with Gasteiger partial charge in [0, 0.05) is 17.2 Å². The van der Waals surface area contributed by atoms with Crippen molar-refractivity contribution in [1.29, 1.82) is 0 Å². The molecule has 0 saturated carbocycles. The second kappa shape index (κ2) is 8.18. The second-order valence-corrected chi connectivity index (χ2v) is 8.67. The van der Waals surface area contributed by atoms with Crippen LogP contribution in [0.15, 0.2) is 93.6 Å². The third kappa shape index (κ3) is 3.60. The molecule has 0 fully saturated rings. The van der Waals surface area contributed by atoms with Gasteiger partial charge in [-0.1, -0.05) is 59.9 Å². The molecule has 0 bridgehead atoms. The van der Waals surface area contributed by atoms with E-state index in [2.05, 4.69) is 15.6 Å². The molecule has 3 aromatic carbocycles. The molecule has 10 heteroatoms. The average Bonchev–Trinajstić information content (AvgIpc) is 3.50. The van der Waals surface area contributed by atoms with Crippen molar-refractivity contribution in [2.75, 3.05) is 5.12 Å². The molecule has 34 heavy (non-hydrogen) atoms. The molecule has 1 aliphatic rings. The first-order valence-corrected chi connectivity index (χ1v) is 11.4. The second-order valence-electron chi connectivity index (χ2n) is 7.66. The molecule has 2 aromatic heterocycles. The fraction of sp³-hybridized carbons (Fsp3) is 0.0417. The Morgan fingerprint density at radius 1 is 0.912 bits per heavy atom. The number of aromatic nitrogens is 3. The highest BCUT2D eigenvalue weighted by Gasteiger charge is 2.36. The molecule has 5 aromatic rings. The van der Waals surface area contributed by atoms with Crippen molar-refractivity contribution in [2.45, 2.75) is 6.17 Å². The van der Waals surface area contributed by atoms with Crippen LogP contribution in [0.2, 0.25) is 0 Å². The summed E-state index contributed by atoms with van der Waals surface area (Å²) in [5.74, 6) is 0. The van der Waals surface area contributed by atoms with Crippen molar-refractivity contribution in [1.82, 2.24) is 20.6 Å². The monoisotopic (exact) mass is 468 g/mol. The Hall–Kier alpha value is -4.41. The molecular formula is C24H18N7O2S+.